The summed E-state index contributed by atoms with van der Waals surface area (Å²) in [6.45, 7) is 1.02. The van der Waals surface area contributed by atoms with Gasteiger partial charge in [0.2, 0.25) is 5.91 Å². The number of amides is 1. The van der Waals surface area contributed by atoms with Gasteiger partial charge in [-0.15, -0.1) is 0 Å². The highest BCUT2D eigenvalue weighted by atomic mass is 16.5. The van der Waals surface area contributed by atoms with Gasteiger partial charge >= 0.3 is 0 Å². The van der Waals surface area contributed by atoms with Crippen LogP contribution in [0.25, 0.3) is 10.8 Å². The molecule has 3 rings (SSSR count). The molecule has 0 aliphatic carbocycles. The molecule has 2 aromatic carbocycles. The molecular weight excluding hydrogens is 304 g/mol. The van der Waals surface area contributed by atoms with Crippen molar-refractivity contribution in [3.63, 3.8) is 0 Å². The van der Waals surface area contributed by atoms with Gasteiger partial charge in [0, 0.05) is 18.7 Å². The zero-order valence-electron chi connectivity index (χ0n) is 13.2. The Morgan fingerprint density at radius 2 is 2.04 bits per heavy atom. The Balaban J connectivity index is 1.78. The van der Waals surface area contributed by atoms with Crippen LogP contribution < -0.4 is 5.32 Å². The molecule has 2 aromatic rings. The molecule has 0 saturated carbocycles. The highest BCUT2D eigenvalue weighted by molar-refractivity contribution is 6.17. The summed E-state index contributed by atoms with van der Waals surface area (Å²) >= 11 is 0. The molecule has 1 amide bonds. The quantitative estimate of drug-likeness (QED) is 0.677. The number of rotatable bonds is 5. The van der Waals surface area contributed by atoms with E-state index in [2.05, 4.69) is 5.32 Å². The third-order valence-electron chi connectivity index (χ3n) is 4.24. The lowest BCUT2D eigenvalue weighted by Crippen LogP contribution is -2.38. The minimum absolute atomic E-state index is 0.0269. The van der Waals surface area contributed by atoms with Gasteiger partial charge in [0.1, 0.15) is 0 Å². The van der Waals surface area contributed by atoms with E-state index < -0.39 is 17.6 Å². The number of fused-ring (bicyclic) bond motifs is 1. The molecule has 0 bridgehead atoms. The van der Waals surface area contributed by atoms with E-state index in [0.29, 0.717) is 18.7 Å². The molecule has 0 spiro atoms. The van der Waals surface area contributed by atoms with Crippen LogP contribution in [0.15, 0.2) is 42.5 Å². The molecule has 5 nitrogen and oxygen atoms in total. The number of ether oxygens (including phenoxy) is 1. The van der Waals surface area contributed by atoms with Gasteiger partial charge in [-0.1, -0.05) is 42.5 Å². The fraction of sp³-hybridized carbons (Fsp3) is 0.316. The van der Waals surface area contributed by atoms with Crippen LogP contribution in [0.3, 0.4) is 0 Å². The fourth-order valence-corrected chi connectivity index (χ4v) is 2.95. The van der Waals surface area contributed by atoms with Crippen LogP contribution >= 0.6 is 0 Å². The van der Waals surface area contributed by atoms with Gasteiger partial charge in [-0.25, -0.2) is 0 Å². The number of hydrogen-bond acceptors (Lipinski definition) is 4. The van der Waals surface area contributed by atoms with Crippen LogP contribution in [-0.4, -0.2) is 30.9 Å². The van der Waals surface area contributed by atoms with Gasteiger partial charge in [0.05, 0.1) is 12.2 Å². The standard InChI is InChI=1S/C19H18N2O3/c20-11-17(19(23)21-12-14-7-4-10-24-14)18(22)16-9-3-6-13-5-1-2-8-15(13)16/h1-3,5-6,8-9,14,17H,4,7,10,12H2,(H,21,23)/t14-,17+/m0/s1. The highest BCUT2D eigenvalue weighted by Gasteiger charge is 2.29. The molecule has 0 unspecified atom stereocenters. The number of carbonyl (C=O) groups is 2. The molecule has 24 heavy (non-hydrogen) atoms. The lowest BCUT2D eigenvalue weighted by atomic mass is 9.93. The summed E-state index contributed by atoms with van der Waals surface area (Å²) in [7, 11) is 0. The van der Waals surface area contributed by atoms with Crippen LogP contribution in [0.5, 0.6) is 0 Å². The van der Waals surface area contributed by atoms with E-state index in [4.69, 9.17) is 4.74 Å². The number of nitrogens with zero attached hydrogens (tertiary/aromatic N) is 1. The first-order valence-corrected chi connectivity index (χ1v) is 8.01. The molecule has 0 radical (unpaired) electrons. The lowest BCUT2D eigenvalue weighted by molar-refractivity contribution is -0.122. The van der Waals surface area contributed by atoms with Gasteiger partial charge in [-0.05, 0) is 23.6 Å². The molecule has 1 aliphatic heterocycles. The fourth-order valence-electron chi connectivity index (χ4n) is 2.95. The SMILES string of the molecule is N#C[C@@H](C(=O)NC[C@@H]1CCCO1)C(=O)c1cccc2ccccc12. The molecular formula is C19H18N2O3. The molecule has 1 saturated heterocycles. The zero-order valence-corrected chi connectivity index (χ0v) is 13.2. The van der Waals surface area contributed by atoms with Crippen LogP contribution in [0.4, 0.5) is 0 Å². The number of ketones is 1. The molecule has 1 N–H and O–H groups in total. The van der Waals surface area contributed by atoms with Gasteiger partial charge in [0.25, 0.3) is 0 Å². The first-order chi connectivity index (χ1) is 11.7. The summed E-state index contributed by atoms with van der Waals surface area (Å²) in [6, 6.07) is 14.6. The summed E-state index contributed by atoms with van der Waals surface area (Å²) in [5.74, 6) is -2.39. The normalized spacial score (nSPS) is 18.0. The van der Waals surface area contributed by atoms with E-state index in [1.807, 2.05) is 36.4 Å². The summed E-state index contributed by atoms with van der Waals surface area (Å²) in [5, 5.41) is 13.6. The van der Waals surface area contributed by atoms with Crippen molar-refractivity contribution in [2.75, 3.05) is 13.2 Å². The second kappa shape index (κ2) is 7.24. The minimum Gasteiger partial charge on any atom is -0.376 e. The van der Waals surface area contributed by atoms with Crippen molar-refractivity contribution in [3.05, 3.63) is 48.0 Å². The number of hydrogen-bond donors (Lipinski definition) is 1. The van der Waals surface area contributed by atoms with E-state index in [9.17, 15) is 14.9 Å². The number of nitriles is 1. The Morgan fingerprint density at radius 1 is 1.25 bits per heavy atom. The molecule has 1 aliphatic rings. The maximum Gasteiger partial charge on any atom is 0.245 e. The predicted molar refractivity (Wildman–Crippen MR) is 89.4 cm³/mol. The van der Waals surface area contributed by atoms with Gasteiger partial charge in [-0.3, -0.25) is 9.59 Å². The molecule has 1 fully saturated rings. The van der Waals surface area contributed by atoms with Crippen molar-refractivity contribution in [1.82, 2.24) is 5.32 Å². The number of benzene rings is 2. The number of Topliss-reactive ketones (excluding diaryl/α,β-unsaturated/α-hetero) is 1. The van der Waals surface area contributed by atoms with E-state index in [1.165, 1.54) is 0 Å². The maximum absolute atomic E-state index is 12.7. The monoisotopic (exact) mass is 322 g/mol. The summed E-state index contributed by atoms with van der Waals surface area (Å²) < 4.78 is 5.44. The van der Waals surface area contributed by atoms with Crippen molar-refractivity contribution in [1.29, 1.82) is 5.26 Å². The van der Waals surface area contributed by atoms with Crippen molar-refractivity contribution < 1.29 is 14.3 Å². The van der Waals surface area contributed by atoms with Crippen molar-refractivity contribution >= 4 is 22.5 Å². The van der Waals surface area contributed by atoms with Crippen molar-refractivity contribution in [3.8, 4) is 6.07 Å². The van der Waals surface area contributed by atoms with Crippen LogP contribution in [0.1, 0.15) is 23.2 Å². The molecule has 2 atom stereocenters. The topological polar surface area (TPSA) is 79.2 Å². The first kappa shape index (κ1) is 16.2. The second-order valence-corrected chi connectivity index (χ2v) is 5.83. The molecule has 1 heterocycles. The smallest absolute Gasteiger partial charge is 0.245 e. The zero-order chi connectivity index (χ0) is 16.9. The van der Waals surface area contributed by atoms with E-state index in [1.54, 1.807) is 12.1 Å². The molecule has 0 aromatic heterocycles. The van der Waals surface area contributed by atoms with E-state index in [-0.39, 0.29) is 6.10 Å². The highest BCUT2D eigenvalue weighted by Crippen LogP contribution is 2.21. The lowest BCUT2D eigenvalue weighted by Gasteiger charge is -2.14. The van der Waals surface area contributed by atoms with E-state index in [0.717, 1.165) is 23.6 Å². The van der Waals surface area contributed by atoms with Gasteiger partial charge in [0.15, 0.2) is 11.7 Å². The largest absolute Gasteiger partial charge is 0.376 e. The second-order valence-electron chi connectivity index (χ2n) is 5.83. The Hall–Kier alpha value is -2.71. The Kier molecular flexibility index (Phi) is 4.88. The predicted octanol–water partition coefficient (Wildman–Crippen LogP) is 2.46. The third kappa shape index (κ3) is 3.29. The molecule has 5 heteroatoms. The summed E-state index contributed by atoms with van der Waals surface area (Å²) in [4.78, 5) is 25.0. The summed E-state index contributed by atoms with van der Waals surface area (Å²) in [6.07, 6.45) is 1.83. The third-order valence-corrected chi connectivity index (χ3v) is 4.24. The Morgan fingerprint density at radius 3 is 2.79 bits per heavy atom. The molecule has 122 valence electrons. The average molecular weight is 322 g/mol. The number of nitrogens with one attached hydrogen (secondary N) is 1. The first-order valence-electron chi connectivity index (χ1n) is 8.01. The van der Waals surface area contributed by atoms with Crippen LogP contribution in [-0.2, 0) is 9.53 Å². The Bertz CT molecular complexity index is 798. The average Bonchev–Trinajstić information content (AvgIpc) is 3.13. The maximum atomic E-state index is 12.7. The minimum atomic E-state index is -1.35. The Labute approximate surface area is 140 Å². The van der Waals surface area contributed by atoms with E-state index >= 15 is 0 Å². The van der Waals surface area contributed by atoms with Crippen LogP contribution in [0, 0.1) is 17.2 Å². The van der Waals surface area contributed by atoms with Crippen molar-refractivity contribution in [2.45, 2.75) is 18.9 Å². The van der Waals surface area contributed by atoms with Crippen LogP contribution in [0.2, 0.25) is 0 Å². The summed E-state index contributed by atoms with van der Waals surface area (Å²) in [5.41, 5.74) is 0.395. The number of carbonyl (C=O) groups excluding carboxylic acids is 2. The van der Waals surface area contributed by atoms with Gasteiger partial charge in [-0.2, -0.15) is 5.26 Å². The van der Waals surface area contributed by atoms with Gasteiger partial charge < -0.3 is 10.1 Å². The van der Waals surface area contributed by atoms with Crippen molar-refractivity contribution in [2.24, 2.45) is 5.92 Å².